The van der Waals surface area contributed by atoms with E-state index < -0.39 is 5.60 Å². The first-order valence-electron chi connectivity index (χ1n) is 13.8. The van der Waals surface area contributed by atoms with Crippen LogP contribution in [-0.2, 0) is 10.4 Å². The minimum absolute atomic E-state index is 0.141. The molecule has 0 bridgehead atoms. The van der Waals surface area contributed by atoms with Gasteiger partial charge in [-0.1, -0.05) is 45.0 Å². The molecule has 2 aliphatic heterocycles. The van der Waals surface area contributed by atoms with Gasteiger partial charge in [0.05, 0.1) is 5.69 Å². The van der Waals surface area contributed by atoms with Gasteiger partial charge in [0.2, 0.25) is 5.91 Å². The summed E-state index contributed by atoms with van der Waals surface area (Å²) in [5, 5.41) is 20.4. The first kappa shape index (κ1) is 26.6. The van der Waals surface area contributed by atoms with Gasteiger partial charge in [0.1, 0.15) is 5.60 Å². The Labute approximate surface area is 226 Å². The topological polar surface area (TPSA) is 85.3 Å². The summed E-state index contributed by atoms with van der Waals surface area (Å²) in [6, 6.07) is 12.8. The molecule has 2 aliphatic rings. The molecule has 0 aliphatic carbocycles. The average molecular weight is 516 g/mol. The van der Waals surface area contributed by atoms with E-state index in [-0.39, 0.29) is 17.4 Å². The maximum Gasteiger partial charge on any atom is 0.219 e. The summed E-state index contributed by atoms with van der Waals surface area (Å²) >= 11 is 0. The molecular formula is C31H41N5O2. The van der Waals surface area contributed by atoms with E-state index in [0.717, 1.165) is 60.6 Å². The second kappa shape index (κ2) is 9.93. The maximum absolute atomic E-state index is 12.5. The summed E-state index contributed by atoms with van der Waals surface area (Å²) in [5.74, 6) is 0.903. The van der Waals surface area contributed by atoms with Crippen LogP contribution in [0, 0.1) is 5.41 Å². The van der Waals surface area contributed by atoms with Crippen molar-refractivity contribution in [2.75, 3.05) is 26.7 Å². The highest BCUT2D eigenvalue weighted by Crippen LogP contribution is 2.50. The molecule has 1 amide bonds. The quantitative estimate of drug-likeness (QED) is 0.488. The molecule has 2 saturated heterocycles. The Hall–Kier alpha value is -3.03. The van der Waals surface area contributed by atoms with Crippen molar-refractivity contribution < 1.29 is 9.90 Å². The molecule has 2 aromatic heterocycles. The fourth-order valence-electron chi connectivity index (χ4n) is 6.74. The zero-order chi connectivity index (χ0) is 27.2. The lowest BCUT2D eigenvalue weighted by atomic mass is 9.62. The summed E-state index contributed by atoms with van der Waals surface area (Å²) in [7, 11) is 2.09. The van der Waals surface area contributed by atoms with Crippen molar-refractivity contribution in [1.82, 2.24) is 25.0 Å². The Bertz CT molecular complexity index is 1290. The van der Waals surface area contributed by atoms with Gasteiger partial charge in [0, 0.05) is 73.1 Å². The molecule has 7 heteroatoms. The van der Waals surface area contributed by atoms with Crippen LogP contribution in [0.2, 0.25) is 0 Å². The predicted octanol–water partition coefficient (Wildman–Crippen LogP) is 4.90. The number of piperidine rings is 1. The Morgan fingerprint density at radius 3 is 2.47 bits per heavy atom. The number of likely N-dealkylation sites (tertiary alicyclic amines) is 2. The number of carbonyl (C=O) groups is 1. The summed E-state index contributed by atoms with van der Waals surface area (Å²) in [6.07, 6.45) is 5.46. The van der Waals surface area contributed by atoms with Crippen molar-refractivity contribution in [3.63, 3.8) is 0 Å². The van der Waals surface area contributed by atoms with Crippen LogP contribution >= 0.6 is 0 Å². The van der Waals surface area contributed by atoms with Crippen LogP contribution in [0.4, 0.5) is 0 Å². The van der Waals surface area contributed by atoms with Crippen LogP contribution in [0.5, 0.6) is 0 Å². The highest BCUT2D eigenvalue weighted by atomic mass is 16.3. The number of aliphatic hydroxyl groups is 1. The number of aromatic amines is 1. The van der Waals surface area contributed by atoms with Gasteiger partial charge < -0.3 is 14.9 Å². The molecule has 0 spiro atoms. The van der Waals surface area contributed by atoms with Gasteiger partial charge in [-0.25, -0.2) is 0 Å². The highest BCUT2D eigenvalue weighted by molar-refractivity contribution is 5.73. The zero-order valence-electron chi connectivity index (χ0n) is 23.5. The molecule has 3 atom stereocenters. The van der Waals surface area contributed by atoms with Gasteiger partial charge in [-0.2, -0.15) is 5.10 Å². The second-order valence-corrected chi connectivity index (χ2v) is 12.2. The summed E-state index contributed by atoms with van der Waals surface area (Å²) in [4.78, 5) is 20.7. The van der Waals surface area contributed by atoms with Gasteiger partial charge in [0.15, 0.2) is 0 Å². The first-order chi connectivity index (χ1) is 18.0. The van der Waals surface area contributed by atoms with Crippen LogP contribution in [0.1, 0.15) is 81.7 Å². The van der Waals surface area contributed by atoms with Crippen molar-refractivity contribution in [2.45, 2.75) is 70.9 Å². The van der Waals surface area contributed by atoms with Crippen molar-refractivity contribution in [3.8, 4) is 11.3 Å². The molecule has 202 valence electrons. The van der Waals surface area contributed by atoms with E-state index in [4.69, 9.17) is 0 Å². The third-order valence-corrected chi connectivity index (χ3v) is 8.88. The number of hydrogen-bond acceptors (Lipinski definition) is 5. The molecule has 0 saturated carbocycles. The normalized spacial score (nSPS) is 23.2. The summed E-state index contributed by atoms with van der Waals surface area (Å²) in [5.41, 5.74) is 4.20. The number of pyridine rings is 1. The van der Waals surface area contributed by atoms with Crippen molar-refractivity contribution in [1.29, 1.82) is 0 Å². The third kappa shape index (κ3) is 4.56. The van der Waals surface area contributed by atoms with E-state index >= 15 is 0 Å². The summed E-state index contributed by atoms with van der Waals surface area (Å²) < 4.78 is 0. The van der Waals surface area contributed by atoms with Crippen LogP contribution in [0.3, 0.4) is 0 Å². The number of benzene rings is 1. The molecule has 2 unspecified atom stereocenters. The number of nitrogens with zero attached hydrogens (tertiary/aromatic N) is 4. The molecule has 7 nitrogen and oxygen atoms in total. The zero-order valence-corrected chi connectivity index (χ0v) is 23.5. The van der Waals surface area contributed by atoms with E-state index in [2.05, 4.69) is 85.2 Å². The lowest BCUT2D eigenvalue weighted by Gasteiger charge is -2.55. The van der Waals surface area contributed by atoms with E-state index in [1.54, 1.807) is 13.1 Å². The average Bonchev–Trinajstić information content (AvgIpc) is 3.38. The Morgan fingerprint density at radius 2 is 1.87 bits per heavy atom. The smallest absolute Gasteiger partial charge is 0.219 e. The number of amides is 1. The van der Waals surface area contributed by atoms with E-state index in [0.29, 0.717) is 11.8 Å². The standard InChI is InChI=1S/C31H41N5O2/c1-20(2)23-7-9-26(10-8-23)31(38,30(5)18-35(6)19-30)27-14-25(16-32-17-27)29-15-28(33-34-29)24-11-12-36(22(4)37)21(3)13-24/h7-10,14-17,20-21,24,38H,11-13,18-19H2,1-6H3,(H,33,34)/t21?,24?,31-/m0/s1. The Morgan fingerprint density at radius 1 is 1.16 bits per heavy atom. The van der Waals surface area contributed by atoms with Crippen molar-refractivity contribution >= 4 is 5.91 Å². The largest absolute Gasteiger partial charge is 0.380 e. The van der Waals surface area contributed by atoms with Crippen LogP contribution in [0.15, 0.2) is 48.8 Å². The SMILES string of the molecule is CC(=O)N1CCC(c2cc(-c3cncc([C@@](O)(c4ccc(C(C)C)cc4)C4(C)CN(C)C4)c3)n[nH]2)CC1C. The molecule has 3 aromatic rings. The number of hydrogen-bond donors (Lipinski definition) is 2. The Kier molecular flexibility index (Phi) is 6.95. The molecule has 2 N–H and O–H groups in total. The molecule has 4 heterocycles. The molecule has 5 rings (SSSR count). The lowest BCUT2D eigenvalue weighted by molar-refractivity contribution is -0.132. The number of nitrogens with one attached hydrogen (secondary N) is 1. The fraction of sp³-hybridized carbons (Fsp3) is 0.516. The number of aromatic nitrogens is 3. The molecule has 0 radical (unpaired) electrons. The molecule has 2 fully saturated rings. The summed E-state index contributed by atoms with van der Waals surface area (Å²) in [6.45, 7) is 12.6. The van der Waals surface area contributed by atoms with Crippen LogP contribution in [0.25, 0.3) is 11.3 Å². The van der Waals surface area contributed by atoms with E-state index in [9.17, 15) is 9.90 Å². The molecule has 38 heavy (non-hydrogen) atoms. The number of carbonyl (C=O) groups excluding carboxylic acids is 1. The minimum atomic E-state index is -1.19. The number of H-pyrrole nitrogens is 1. The Balaban J connectivity index is 1.47. The van der Waals surface area contributed by atoms with Crippen LogP contribution in [-0.4, -0.2) is 68.7 Å². The van der Waals surface area contributed by atoms with E-state index in [1.807, 2.05) is 17.2 Å². The van der Waals surface area contributed by atoms with Crippen molar-refractivity contribution in [2.24, 2.45) is 5.41 Å². The van der Waals surface area contributed by atoms with Gasteiger partial charge in [-0.05, 0) is 56.0 Å². The predicted molar refractivity (Wildman–Crippen MR) is 150 cm³/mol. The minimum Gasteiger partial charge on any atom is -0.380 e. The molecule has 1 aromatic carbocycles. The maximum atomic E-state index is 12.5. The highest BCUT2D eigenvalue weighted by Gasteiger charge is 2.55. The van der Waals surface area contributed by atoms with Gasteiger partial charge >= 0.3 is 0 Å². The van der Waals surface area contributed by atoms with Gasteiger partial charge in [-0.3, -0.25) is 14.9 Å². The second-order valence-electron chi connectivity index (χ2n) is 12.2. The van der Waals surface area contributed by atoms with Gasteiger partial charge in [0.25, 0.3) is 0 Å². The van der Waals surface area contributed by atoms with Crippen molar-refractivity contribution in [3.05, 3.63) is 71.2 Å². The lowest BCUT2D eigenvalue weighted by Crippen LogP contribution is -2.63. The fourth-order valence-corrected chi connectivity index (χ4v) is 6.74. The number of rotatable bonds is 6. The van der Waals surface area contributed by atoms with Gasteiger partial charge in [-0.15, -0.1) is 0 Å². The van der Waals surface area contributed by atoms with E-state index in [1.165, 1.54) is 5.56 Å². The third-order valence-electron chi connectivity index (χ3n) is 8.88. The molecular weight excluding hydrogens is 474 g/mol. The first-order valence-corrected chi connectivity index (χ1v) is 13.8. The van der Waals surface area contributed by atoms with Crippen LogP contribution < -0.4 is 0 Å². The monoisotopic (exact) mass is 515 g/mol.